The van der Waals surface area contributed by atoms with Crippen LogP contribution in [0.5, 0.6) is 0 Å². The number of carbonyl (C=O) groups is 1. The average molecular weight is 448 g/mol. The molecule has 3 N–H and O–H groups in total. The van der Waals surface area contributed by atoms with Gasteiger partial charge < -0.3 is 11.1 Å². The minimum absolute atomic E-state index is 0.000162. The number of nitriles is 1. The number of amides is 1. The van der Waals surface area contributed by atoms with E-state index >= 15 is 0 Å². The molecule has 0 radical (unpaired) electrons. The van der Waals surface area contributed by atoms with Gasteiger partial charge in [-0.15, -0.1) is 0 Å². The van der Waals surface area contributed by atoms with E-state index in [9.17, 15) is 18.0 Å². The highest BCUT2D eigenvalue weighted by Gasteiger charge is 2.47. The molecule has 0 fully saturated rings. The maximum atomic E-state index is 13.0. The van der Waals surface area contributed by atoms with Crippen molar-refractivity contribution >= 4 is 17.9 Å². The Morgan fingerprint density at radius 1 is 1.28 bits per heavy atom. The number of benzene rings is 1. The Morgan fingerprint density at radius 2 is 1.97 bits per heavy atom. The van der Waals surface area contributed by atoms with Crippen LogP contribution in [0.25, 0.3) is 0 Å². The number of alkyl halides is 3. The van der Waals surface area contributed by atoms with E-state index in [1.807, 2.05) is 32.9 Å². The van der Waals surface area contributed by atoms with Gasteiger partial charge in [-0.05, 0) is 50.1 Å². The molecule has 1 aliphatic rings. The molecule has 1 aromatic carbocycles. The fourth-order valence-electron chi connectivity index (χ4n) is 3.17. The molecule has 1 aromatic heterocycles. The van der Waals surface area contributed by atoms with Crippen molar-refractivity contribution in [3.63, 3.8) is 0 Å². The van der Waals surface area contributed by atoms with E-state index < -0.39 is 17.6 Å². The van der Waals surface area contributed by atoms with Crippen molar-refractivity contribution in [3.05, 3.63) is 59.4 Å². The zero-order valence-corrected chi connectivity index (χ0v) is 18.6. The number of pyridine rings is 1. The van der Waals surface area contributed by atoms with E-state index in [1.165, 1.54) is 0 Å². The number of amidine groups is 1. The first kappa shape index (κ1) is 26.6. The highest BCUT2D eigenvalue weighted by Crippen LogP contribution is 2.44. The second-order valence-electron chi connectivity index (χ2n) is 7.17. The molecule has 2 aromatic rings. The summed E-state index contributed by atoms with van der Waals surface area (Å²) in [5.74, 6) is -1.51. The predicted octanol–water partition coefficient (Wildman–Crippen LogP) is 5.09. The third-order valence-corrected chi connectivity index (χ3v) is 4.70. The molecule has 0 spiro atoms. The van der Waals surface area contributed by atoms with Gasteiger partial charge in [-0.2, -0.15) is 18.4 Å². The first-order valence-electron chi connectivity index (χ1n) is 10.1. The lowest BCUT2D eigenvalue weighted by Crippen LogP contribution is -2.40. The van der Waals surface area contributed by atoms with E-state index in [4.69, 9.17) is 11.0 Å². The van der Waals surface area contributed by atoms with Crippen LogP contribution < -0.4 is 11.1 Å². The van der Waals surface area contributed by atoms with E-state index in [-0.39, 0.29) is 18.7 Å². The highest BCUT2D eigenvalue weighted by molar-refractivity contribution is 5.82. The summed E-state index contributed by atoms with van der Waals surface area (Å²) in [5.41, 5.74) is 7.20. The Balaban J connectivity index is 0.000000388. The van der Waals surface area contributed by atoms with Gasteiger partial charge >= 0.3 is 6.18 Å². The lowest BCUT2D eigenvalue weighted by atomic mass is 9.79. The number of nitrogens with zero attached hydrogens (tertiary/aromatic N) is 3. The molecule has 9 heteroatoms. The molecule has 2 unspecified atom stereocenters. The summed E-state index contributed by atoms with van der Waals surface area (Å²) in [6, 6.07) is 12.2. The van der Waals surface area contributed by atoms with Gasteiger partial charge in [-0.3, -0.25) is 14.8 Å². The van der Waals surface area contributed by atoms with Crippen molar-refractivity contribution in [3.8, 4) is 6.07 Å². The van der Waals surface area contributed by atoms with Crippen LogP contribution in [0.15, 0.2) is 47.6 Å². The molecule has 6 nitrogen and oxygen atoms in total. The second kappa shape index (κ2) is 11.8. The van der Waals surface area contributed by atoms with E-state index in [0.717, 1.165) is 5.69 Å². The van der Waals surface area contributed by atoms with Gasteiger partial charge in [0.25, 0.3) is 0 Å². The summed E-state index contributed by atoms with van der Waals surface area (Å²) in [7, 11) is 0. The third kappa shape index (κ3) is 7.69. The zero-order chi connectivity index (χ0) is 24.4. The number of halogens is 3. The molecule has 2 heterocycles. The molecule has 32 heavy (non-hydrogen) atoms. The number of anilines is 1. The smallest absolute Gasteiger partial charge is 0.387 e. The minimum Gasteiger partial charge on any atom is -0.387 e. The van der Waals surface area contributed by atoms with Crippen LogP contribution in [0.4, 0.5) is 18.9 Å². The fourth-order valence-corrected chi connectivity index (χ4v) is 3.17. The summed E-state index contributed by atoms with van der Waals surface area (Å²) < 4.78 is 39.0. The Kier molecular flexibility index (Phi) is 9.85. The zero-order valence-electron chi connectivity index (χ0n) is 18.6. The van der Waals surface area contributed by atoms with E-state index in [2.05, 4.69) is 15.3 Å². The Morgan fingerprint density at radius 3 is 2.50 bits per heavy atom. The van der Waals surface area contributed by atoms with Crippen LogP contribution in [0.1, 0.15) is 50.4 Å². The molecular weight excluding hydrogens is 419 g/mol. The quantitative estimate of drug-likeness (QED) is 0.640. The number of hydrogen-bond donors (Lipinski definition) is 2. The van der Waals surface area contributed by atoms with E-state index in [1.54, 1.807) is 43.5 Å². The van der Waals surface area contributed by atoms with Crippen LogP contribution >= 0.6 is 0 Å². The van der Waals surface area contributed by atoms with Gasteiger partial charge in [0.05, 0.1) is 22.9 Å². The molecule has 2 atom stereocenters. The van der Waals surface area contributed by atoms with Gasteiger partial charge in [0, 0.05) is 24.0 Å². The van der Waals surface area contributed by atoms with Crippen molar-refractivity contribution in [1.29, 1.82) is 5.26 Å². The van der Waals surface area contributed by atoms with Crippen molar-refractivity contribution in [2.45, 2.75) is 52.3 Å². The first-order chi connectivity index (χ1) is 15.1. The van der Waals surface area contributed by atoms with Crippen LogP contribution in [0.3, 0.4) is 0 Å². The molecule has 3 rings (SSSR count). The molecule has 0 aliphatic carbocycles. The number of nitrogens with one attached hydrogen (secondary N) is 1. The van der Waals surface area contributed by atoms with Crippen LogP contribution in [-0.4, -0.2) is 23.4 Å². The van der Waals surface area contributed by atoms with Gasteiger partial charge in [0.15, 0.2) is 0 Å². The standard InChI is InChI=1S/C14H16F3N3O.C7H6N2.C2H6/c1-13(9-3-2-4-11(5-9)19-8-21)7-10(14(15,16)17)6-12(18)20-13;1-6-2-3-7(4-8)5-9-6;1-2/h2-5,8,10H,6-7H2,1H3,(H2,18,20)(H,19,21);2-3,5H,1H3;1-2H3. The largest absolute Gasteiger partial charge is 0.392 e. The van der Waals surface area contributed by atoms with Gasteiger partial charge in [-0.1, -0.05) is 26.0 Å². The Bertz CT molecular complexity index is 951. The summed E-state index contributed by atoms with van der Waals surface area (Å²) in [6.07, 6.45) is -2.67. The third-order valence-electron chi connectivity index (χ3n) is 4.70. The summed E-state index contributed by atoms with van der Waals surface area (Å²) in [4.78, 5) is 18.6. The number of aromatic nitrogens is 1. The van der Waals surface area contributed by atoms with Crippen molar-refractivity contribution < 1.29 is 18.0 Å². The molecule has 172 valence electrons. The monoisotopic (exact) mass is 447 g/mol. The van der Waals surface area contributed by atoms with Crippen LogP contribution in [0.2, 0.25) is 0 Å². The van der Waals surface area contributed by atoms with Crippen molar-refractivity contribution in [2.24, 2.45) is 16.6 Å². The number of aryl methyl sites for hydroxylation is 1. The second-order valence-corrected chi connectivity index (χ2v) is 7.17. The van der Waals surface area contributed by atoms with Gasteiger partial charge in [-0.25, -0.2) is 0 Å². The molecular formula is C23H28F3N5O. The van der Waals surface area contributed by atoms with Gasteiger partial charge in [0.2, 0.25) is 6.41 Å². The summed E-state index contributed by atoms with van der Waals surface area (Å²) in [6.45, 7) is 7.51. The van der Waals surface area contributed by atoms with Crippen LogP contribution in [-0.2, 0) is 10.3 Å². The average Bonchev–Trinajstić information content (AvgIpc) is 2.75. The maximum absolute atomic E-state index is 13.0. The molecule has 0 saturated carbocycles. The minimum atomic E-state index is -4.31. The number of hydrogen-bond acceptors (Lipinski definition) is 5. The Hall–Kier alpha value is -3.41. The fraction of sp³-hybridized carbons (Fsp3) is 0.391. The topological polar surface area (TPSA) is 104 Å². The van der Waals surface area contributed by atoms with Crippen molar-refractivity contribution in [2.75, 3.05) is 5.32 Å². The maximum Gasteiger partial charge on any atom is 0.392 e. The Labute approximate surface area is 186 Å². The molecule has 1 aliphatic heterocycles. The van der Waals surface area contributed by atoms with E-state index in [0.29, 0.717) is 23.2 Å². The van der Waals surface area contributed by atoms with Gasteiger partial charge in [0.1, 0.15) is 6.07 Å². The lowest BCUT2D eigenvalue weighted by molar-refractivity contribution is -0.179. The highest BCUT2D eigenvalue weighted by atomic mass is 19.4. The number of rotatable bonds is 3. The predicted molar refractivity (Wildman–Crippen MR) is 119 cm³/mol. The van der Waals surface area contributed by atoms with Crippen LogP contribution in [0, 0.1) is 24.2 Å². The summed E-state index contributed by atoms with van der Waals surface area (Å²) >= 11 is 0. The van der Waals surface area contributed by atoms with Crippen molar-refractivity contribution in [1.82, 2.24) is 4.98 Å². The SMILES string of the molecule is CC.CC1(c2cccc(NC=O)c2)CC(C(F)(F)F)CC(N)=N1.Cc1ccc(C#N)cn1. The number of carbonyl (C=O) groups excluding carboxylic acids is 1. The number of aliphatic imine (C=N–C) groups is 1. The lowest BCUT2D eigenvalue weighted by Gasteiger charge is -2.36. The molecule has 1 amide bonds. The molecule has 0 bridgehead atoms. The first-order valence-corrected chi connectivity index (χ1v) is 10.1. The normalized spacial score (nSPS) is 19.7. The molecule has 0 saturated heterocycles. The summed E-state index contributed by atoms with van der Waals surface area (Å²) in [5, 5.41) is 10.8. The number of nitrogens with two attached hydrogens (primary N) is 1.